The molecule has 0 bridgehead atoms. The summed E-state index contributed by atoms with van der Waals surface area (Å²) in [6, 6.07) is 4.79. The Morgan fingerprint density at radius 3 is 2.50 bits per heavy atom. The normalized spacial score (nSPS) is 11.4. The average Bonchev–Trinajstić information content (AvgIpc) is 2.01. The van der Waals surface area contributed by atoms with Gasteiger partial charge in [-0.25, -0.2) is 0 Å². The summed E-state index contributed by atoms with van der Waals surface area (Å²) < 4.78 is 36.5. The third-order valence-corrected chi connectivity index (χ3v) is 1.98. The smallest absolute Gasteiger partial charge is 0.287 e. The topological polar surface area (TPSA) is 17.1 Å². The van der Waals surface area contributed by atoms with Crippen LogP contribution < -0.4 is 0 Å². The van der Waals surface area contributed by atoms with Crippen LogP contribution in [0.4, 0.5) is 13.2 Å². The molecular formula is C9H6F3IO. The Hall–Kier alpha value is -0.590. The fourth-order valence-electron chi connectivity index (χ4n) is 1.02. The second kappa shape index (κ2) is 4.29. The lowest BCUT2D eigenvalue weighted by molar-refractivity contribution is -0.137. The Morgan fingerprint density at radius 2 is 2.00 bits per heavy atom. The molecule has 0 aromatic heterocycles. The molecule has 5 heteroatoms. The van der Waals surface area contributed by atoms with Crippen molar-refractivity contribution in [2.24, 2.45) is 0 Å². The Labute approximate surface area is 92.4 Å². The number of hydrogen-bond donors (Lipinski definition) is 0. The first-order chi connectivity index (χ1) is 6.39. The zero-order chi connectivity index (χ0) is 10.8. The van der Waals surface area contributed by atoms with Gasteiger partial charge in [-0.2, -0.15) is 13.2 Å². The predicted octanol–water partition coefficient (Wildman–Crippen LogP) is 3.21. The number of carbonyl (C=O) groups is 1. The molecule has 0 amide bonds. The maximum absolute atomic E-state index is 12.2. The molecule has 0 unspecified atom stereocenters. The van der Waals surface area contributed by atoms with Gasteiger partial charge in [0.1, 0.15) is 0 Å². The third kappa shape index (κ3) is 3.28. The molecule has 0 heterocycles. The fraction of sp³-hybridized carbons (Fsp3) is 0.222. The van der Waals surface area contributed by atoms with Crippen LogP contribution in [0.25, 0.3) is 0 Å². The number of benzene rings is 1. The first-order valence-electron chi connectivity index (χ1n) is 3.74. The lowest BCUT2D eigenvalue weighted by Crippen LogP contribution is -2.05. The molecule has 1 aromatic carbocycles. The van der Waals surface area contributed by atoms with Crippen molar-refractivity contribution >= 4 is 26.4 Å². The fourth-order valence-corrected chi connectivity index (χ4v) is 1.46. The maximum atomic E-state index is 12.2. The van der Waals surface area contributed by atoms with Crippen LogP contribution in [0.2, 0.25) is 0 Å². The van der Waals surface area contributed by atoms with Gasteiger partial charge >= 0.3 is 6.18 Å². The monoisotopic (exact) mass is 314 g/mol. The van der Waals surface area contributed by atoms with Gasteiger partial charge in [-0.1, -0.05) is 18.2 Å². The van der Waals surface area contributed by atoms with Crippen molar-refractivity contribution in [2.75, 3.05) is 0 Å². The highest BCUT2D eigenvalue weighted by Crippen LogP contribution is 2.29. The number of halogens is 4. The van der Waals surface area contributed by atoms with Crippen LogP contribution in [0.1, 0.15) is 11.1 Å². The van der Waals surface area contributed by atoms with Gasteiger partial charge < -0.3 is 0 Å². The Morgan fingerprint density at radius 1 is 1.36 bits per heavy atom. The summed E-state index contributed by atoms with van der Waals surface area (Å²) in [5.74, 6) is 0. The van der Waals surface area contributed by atoms with E-state index >= 15 is 0 Å². The van der Waals surface area contributed by atoms with Gasteiger partial charge in [0.05, 0.1) is 5.56 Å². The summed E-state index contributed by atoms with van der Waals surface area (Å²) in [7, 11) is 0. The summed E-state index contributed by atoms with van der Waals surface area (Å²) in [4.78, 5) is 10.7. The van der Waals surface area contributed by atoms with Crippen molar-refractivity contribution in [2.45, 2.75) is 12.6 Å². The van der Waals surface area contributed by atoms with Crippen LogP contribution in [-0.4, -0.2) is 3.79 Å². The second-order valence-electron chi connectivity index (χ2n) is 2.73. The minimum absolute atomic E-state index is 0.0322. The molecule has 0 fully saturated rings. The van der Waals surface area contributed by atoms with E-state index in [1.54, 1.807) is 22.6 Å². The summed E-state index contributed by atoms with van der Waals surface area (Å²) >= 11 is 1.56. The molecule has 1 nitrogen and oxygen atoms in total. The van der Waals surface area contributed by atoms with Crippen molar-refractivity contribution in [1.29, 1.82) is 0 Å². The van der Waals surface area contributed by atoms with Crippen molar-refractivity contribution in [3.8, 4) is 0 Å². The van der Waals surface area contributed by atoms with Crippen molar-refractivity contribution in [3.05, 3.63) is 35.4 Å². The minimum Gasteiger partial charge on any atom is -0.287 e. The lowest BCUT2D eigenvalue weighted by atomic mass is 10.1. The maximum Gasteiger partial charge on any atom is 0.416 e. The molecule has 0 atom stereocenters. The van der Waals surface area contributed by atoms with E-state index in [4.69, 9.17) is 0 Å². The summed E-state index contributed by atoms with van der Waals surface area (Å²) in [6.07, 6.45) is -4.31. The molecule has 14 heavy (non-hydrogen) atoms. The Bertz CT molecular complexity index is 346. The molecule has 0 aliphatic heterocycles. The van der Waals surface area contributed by atoms with E-state index in [1.807, 2.05) is 0 Å². The highest BCUT2D eigenvalue weighted by molar-refractivity contribution is 14.1. The quantitative estimate of drug-likeness (QED) is 0.605. The predicted molar refractivity (Wildman–Crippen MR) is 54.2 cm³/mol. The lowest BCUT2D eigenvalue weighted by Gasteiger charge is -2.07. The van der Waals surface area contributed by atoms with Crippen LogP contribution in [0.3, 0.4) is 0 Å². The molecule has 0 spiro atoms. The largest absolute Gasteiger partial charge is 0.416 e. The average molecular weight is 314 g/mol. The molecule has 0 saturated heterocycles. The highest BCUT2D eigenvalue weighted by Gasteiger charge is 2.30. The van der Waals surface area contributed by atoms with E-state index in [1.165, 1.54) is 12.1 Å². The molecular weight excluding hydrogens is 308 g/mol. The molecule has 0 aliphatic carbocycles. The molecule has 0 radical (unpaired) electrons. The van der Waals surface area contributed by atoms with Crippen LogP contribution in [0.5, 0.6) is 0 Å². The van der Waals surface area contributed by atoms with E-state index in [2.05, 4.69) is 0 Å². The van der Waals surface area contributed by atoms with E-state index in [-0.39, 0.29) is 10.2 Å². The molecule has 76 valence electrons. The third-order valence-electron chi connectivity index (χ3n) is 1.60. The van der Waals surface area contributed by atoms with E-state index < -0.39 is 11.7 Å². The van der Waals surface area contributed by atoms with Gasteiger partial charge in [-0.05, 0) is 34.2 Å². The SMILES string of the molecule is O=C(I)Cc1cccc(C(F)(F)F)c1. The van der Waals surface area contributed by atoms with Crippen molar-refractivity contribution in [1.82, 2.24) is 0 Å². The van der Waals surface area contributed by atoms with Gasteiger partial charge in [0, 0.05) is 6.42 Å². The van der Waals surface area contributed by atoms with E-state index in [0.29, 0.717) is 5.56 Å². The van der Waals surface area contributed by atoms with Crippen LogP contribution in [0, 0.1) is 0 Å². The molecule has 0 aliphatic rings. The van der Waals surface area contributed by atoms with Crippen LogP contribution >= 0.6 is 22.6 Å². The van der Waals surface area contributed by atoms with Crippen LogP contribution in [0.15, 0.2) is 24.3 Å². The Balaban J connectivity index is 2.95. The second-order valence-corrected chi connectivity index (χ2v) is 3.93. The zero-order valence-electron chi connectivity index (χ0n) is 6.94. The van der Waals surface area contributed by atoms with Gasteiger partial charge in [0.15, 0.2) is 3.79 Å². The first kappa shape index (κ1) is 11.5. The van der Waals surface area contributed by atoms with Crippen LogP contribution in [-0.2, 0) is 17.4 Å². The van der Waals surface area contributed by atoms with Gasteiger partial charge in [0.2, 0.25) is 0 Å². The molecule has 1 aromatic rings. The minimum atomic E-state index is -4.34. The Kier molecular flexibility index (Phi) is 3.52. The van der Waals surface area contributed by atoms with Gasteiger partial charge in [0.25, 0.3) is 0 Å². The first-order valence-corrected chi connectivity index (χ1v) is 4.82. The highest BCUT2D eigenvalue weighted by atomic mass is 127. The number of rotatable bonds is 2. The molecule has 1 rings (SSSR count). The van der Waals surface area contributed by atoms with Crippen molar-refractivity contribution in [3.63, 3.8) is 0 Å². The number of alkyl halides is 3. The summed E-state index contributed by atoms with van der Waals surface area (Å²) in [5.41, 5.74) is -0.327. The standard InChI is InChI=1S/C9H6F3IO/c10-9(11,12)7-3-1-2-6(4-7)5-8(13)14/h1-4H,5H2. The van der Waals surface area contributed by atoms with E-state index in [9.17, 15) is 18.0 Å². The van der Waals surface area contributed by atoms with E-state index in [0.717, 1.165) is 12.1 Å². The van der Waals surface area contributed by atoms with Crippen molar-refractivity contribution < 1.29 is 18.0 Å². The molecule has 0 saturated carbocycles. The van der Waals surface area contributed by atoms with Gasteiger partial charge in [-0.15, -0.1) is 0 Å². The number of carbonyl (C=O) groups excluding carboxylic acids is 1. The number of hydrogen-bond acceptors (Lipinski definition) is 1. The van der Waals surface area contributed by atoms with Gasteiger partial charge in [-0.3, -0.25) is 4.79 Å². The zero-order valence-corrected chi connectivity index (χ0v) is 9.09. The molecule has 0 N–H and O–H groups in total. The summed E-state index contributed by atoms with van der Waals surface area (Å²) in [5, 5.41) is 0. The summed E-state index contributed by atoms with van der Waals surface area (Å²) in [6.45, 7) is 0.